The highest BCUT2D eigenvalue weighted by molar-refractivity contribution is 7.90. The van der Waals surface area contributed by atoms with Crippen LogP contribution < -0.4 is 10.1 Å². The van der Waals surface area contributed by atoms with Gasteiger partial charge in [0.25, 0.3) is 5.91 Å². The van der Waals surface area contributed by atoms with Crippen molar-refractivity contribution in [2.45, 2.75) is 43.7 Å². The molecule has 2 atom stereocenters. The minimum atomic E-state index is -3.25. The minimum absolute atomic E-state index is 0.239. The Morgan fingerprint density at radius 2 is 1.70 bits per heavy atom. The molecule has 0 unspecified atom stereocenters. The van der Waals surface area contributed by atoms with Gasteiger partial charge in [-0.1, -0.05) is 49.7 Å². The molecule has 1 amide bonds. The van der Waals surface area contributed by atoms with Crippen molar-refractivity contribution in [3.8, 4) is 5.75 Å². The van der Waals surface area contributed by atoms with Crippen LogP contribution in [0.1, 0.15) is 38.3 Å². The summed E-state index contributed by atoms with van der Waals surface area (Å²) in [7, 11) is -3.25. The van der Waals surface area contributed by atoms with Gasteiger partial charge in [0.15, 0.2) is 15.9 Å². The zero-order valence-electron chi connectivity index (χ0n) is 15.6. The van der Waals surface area contributed by atoms with E-state index in [0.29, 0.717) is 23.6 Å². The summed E-state index contributed by atoms with van der Waals surface area (Å²) < 4.78 is 29.0. The Hall–Kier alpha value is -2.05. The van der Waals surface area contributed by atoms with Crippen LogP contribution in [0, 0.1) is 0 Å². The van der Waals surface area contributed by atoms with Crippen LogP contribution in [0.3, 0.4) is 0 Å². The molecule has 0 aliphatic carbocycles. The zero-order chi connectivity index (χ0) is 20.0. The number of amides is 1. The Morgan fingerprint density at radius 3 is 2.22 bits per heavy atom. The smallest absolute Gasteiger partial charge is 0.261 e. The molecule has 0 radical (unpaired) electrons. The maximum Gasteiger partial charge on any atom is 0.261 e. The van der Waals surface area contributed by atoms with Crippen molar-refractivity contribution in [1.82, 2.24) is 5.32 Å². The van der Waals surface area contributed by atoms with Crippen molar-refractivity contribution in [1.29, 1.82) is 0 Å². The molecule has 0 heterocycles. The Bertz CT molecular complexity index is 881. The number of rotatable bonds is 8. The molecule has 5 nitrogen and oxygen atoms in total. The summed E-state index contributed by atoms with van der Waals surface area (Å²) in [5, 5.41) is 3.43. The van der Waals surface area contributed by atoms with Crippen molar-refractivity contribution >= 4 is 27.3 Å². The molecule has 0 bridgehead atoms. The lowest BCUT2D eigenvalue weighted by molar-refractivity contribution is -0.128. The number of hydrogen-bond donors (Lipinski definition) is 1. The van der Waals surface area contributed by atoms with Crippen LogP contribution in [0.25, 0.3) is 0 Å². The van der Waals surface area contributed by atoms with Crippen LogP contribution in [0.4, 0.5) is 0 Å². The first-order valence-corrected chi connectivity index (χ1v) is 11.0. The second-order valence-electron chi connectivity index (χ2n) is 6.26. The molecule has 0 spiro atoms. The lowest BCUT2D eigenvalue weighted by Gasteiger charge is -2.23. The average molecular weight is 410 g/mol. The SMILES string of the molecule is CC[C@H](NC(=O)[C@@H](CC)Oc1ccccc1Cl)c1ccc(S(C)(=O)=O)cc1. The van der Waals surface area contributed by atoms with Gasteiger partial charge in [-0.25, -0.2) is 8.42 Å². The van der Waals surface area contributed by atoms with E-state index in [0.717, 1.165) is 5.56 Å². The minimum Gasteiger partial charge on any atom is -0.479 e. The summed E-state index contributed by atoms with van der Waals surface area (Å²) in [5.41, 5.74) is 0.839. The van der Waals surface area contributed by atoms with Crippen LogP contribution in [-0.4, -0.2) is 26.7 Å². The molecule has 0 aliphatic rings. The molecule has 0 aliphatic heterocycles. The molecule has 7 heteroatoms. The van der Waals surface area contributed by atoms with Gasteiger partial charge >= 0.3 is 0 Å². The van der Waals surface area contributed by atoms with E-state index in [4.69, 9.17) is 16.3 Å². The number of sulfone groups is 1. The molecule has 146 valence electrons. The van der Waals surface area contributed by atoms with E-state index >= 15 is 0 Å². The number of carbonyl (C=O) groups is 1. The normalized spacial score (nSPS) is 13.6. The van der Waals surface area contributed by atoms with Crippen molar-refractivity contribution in [3.63, 3.8) is 0 Å². The van der Waals surface area contributed by atoms with E-state index in [1.165, 1.54) is 6.26 Å². The molecule has 2 aromatic rings. The van der Waals surface area contributed by atoms with Crippen LogP contribution in [0.15, 0.2) is 53.4 Å². The monoisotopic (exact) mass is 409 g/mol. The standard InChI is InChI=1S/C20H24ClNO4S/c1-4-17(14-10-12-15(13-11-14)27(3,24)25)22-20(23)18(5-2)26-19-9-7-6-8-16(19)21/h6-13,17-18H,4-5H2,1-3H3,(H,22,23)/t17-,18+/m0/s1. The van der Waals surface area contributed by atoms with E-state index in [-0.39, 0.29) is 16.8 Å². The van der Waals surface area contributed by atoms with Crippen LogP contribution in [-0.2, 0) is 14.6 Å². The molecule has 0 fully saturated rings. The first-order valence-electron chi connectivity index (χ1n) is 8.77. The largest absolute Gasteiger partial charge is 0.479 e. The highest BCUT2D eigenvalue weighted by Crippen LogP contribution is 2.25. The fourth-order valence-electron chi connectivity index (χ4n) is 2.65. The Morgan fingerprint density at radius 1 is 1.07 bits per heavy atom. The van der Waals surface area contributed by atoms with E-state index in [1.807, 2.05) is 13.8 Å². The van der Waals surface area contributed by atoms with E-state index in [2.05, 4.69) is 5.32 Å². The van der Waals surface area contributed by atoms with Gasteiger partial charge in [-0.3, -0.25) is 4.79 Å². The van der Waals surface area contributed by atoms with Crippen molar-refractivity contribution in [2.75, 3.05) is 6.26 Å². The summed E-state index contributed by atoms with van der Waals surface area (Å²) >= 11 is 6.10. The Kier molecular flexibility index (Phi) is 7.27. The summed E-state index contributed by atoms with van der Waals surface area (Å²) in [4.78, 5) is 12.9. The summed E-state index contributed by atoms with van der Waals surface area (Å²) in [6.07, 6.45) is 1.64. The molecule has 2 rings (SSSR count). The number of ether oxygens (including phenoxy) is 1. The molecule has 27 heavy (non-hydrogen) atoms. The van der Waals surface area contributed by atoms with E-state index < -0.39 is 15.9 Å². The molecule has 0 aromatic heterocycles. The van der Waals surface area contributed by atoms with Crippen LogP contribution in [0.2, 0.25) is 5.02 Å². The molecule has 0 saturated carbocycles. The average Bonchev–Trinajstić information content (AvgIpc) is 2.64. The summed E-state index contributed by atoms with van der Waals surface area (Å²) in [6.45, 7) is 3.81. The predicted octanol–water partition coefficient (Wildman–Crippen LogP) is 4.17. The third-order valence-corrected chi connectivity index (χ3v) is 5.65. The fourth-order valence-corrected chi connectivity index (χ4v) is 3.46. The van der Waals surface area contributed by atoms with Crippen molar-refractivity contribution < 1.29 is 17.9 Å². The second-order valence-corrected chi connectivity index (χ2v) is 8.68. The number of halogens is 1. The number of carbonyl (C=O) groups excluding carboxylic acids is 1. The number of nitrogens with one attached hydrogen (secondary N) is 1. The van der Waals surface area contributed by atoms with Gasteiger partial charge in [0.1, 0.15) is 5.75 Å². The van der Waals surface area contributed by atoms with Crippen molar-refractivity contribution in [2.24, 2.45) is 0 Å². The second kappa shape index (κ2) is 9.24. The summed E-state index contributed by atoms with van der Waals surface area (Å²) in [5.74, 6) is 0.225. The van der Waals surface area contributed by atoms with Gasteiger partial charge < -0.3 is 10.1 Å². The summed E-state index contributed by atoms with van der Waals surface area (Å²) in [6, 6.07) is 13.3. The topological polar surface area (TPSA) is 72.5 Å². The Balaban J connectivity index is 2.11. The zero-order valence-corrected chi connectivity index (χ0v) is 17.2. The number of hydrogen-bond acceptors (Lipinski definition) is 4. The number of para-hydroxylation sites is 1. The third kappa shape index (κ3) is 5.71. The molecular weight excluding hydrogens is 386 g/mol. The first-order chi connectivity index (χ1) is 12.8. The quantitative estimate of drug-likeness (QED) is 0.710. The maximum absolute atomic E-state index is 12.7. The van der Waals surface area contributed by atoms with Gasteiger partial charge in [-0.05, 0) is 42.7 Å². The van der Waals surface area contributed by atoms with Gasteiger partial charge in [0, 0.05) is 6.26 Å². The lowest BCUT2D eigenvalue weighted by atomic mass is 10.0. The van der Waals surface area contributed by atoms with E-state index in [9.17, 15) is 13.2 Å². The predicted molar refractivity (Wildman–Crippen MR) is 107 cm³/mol. The van der Waals surface area contributed by atoms with Gasteiger partial charge in [0.2, 0.25) is 0 Å². The highest BCUT2D eigenvalue weighted by atomic mass is 35.5. The highest BCUT2D eigenvalue weighted by Gasteiger charge is 2.23. The number of benzene rings is 2. The molecule has 1 N–H and O–H groups in total. The van der Waals surface area contributed by atoms with Gasteiger partial charge in [-0.2, -0.15) is 0 Å². The molecule has 2 aromatic carbocycles. The van der Waals surface area contributed by atoms with Gasteiger partial charge in [-0.15, -0.1) is 0 Å². The molecular formula is C20H24ClNO4S. The third-order valence-electron chi connectivity index (χ3n) is 4.20. The van der Waals surface area contributed by atoms with Crippen molar-refractivity contribution in [3.05, 3.63) is 59.1 Å². The van der Waals surface area contributed by atoms with Crippen LogP contribution >= 0.6 is 11.6 Å². The van der Waals surface area contributed by atoms with E-state index in [1.54, 1.807) is 48.5 Å². The maximum atomic E-state index is 12.7. The lowest BCUT2D eigenvalue weighted by Crippen LogP contribution is -2.40. The fraction of sp³-hybridized carbons (Fsp3) is 0.350. The first kappa shape index (κ1) is 21.3. The van der Waals surface area contributed by atoms with Crippen LogP contribution in [0.5, 0.6) is 5.75 Å². The Labute approximate surface area is 165 Å². The van der Waals surface area contributed by atoms with Gasteiger partial charge in [0.05, 0.1) is 16.0 Å². The molecule has 0 saturated heterocycles.